The Balaban J connectivity index is 0.000000135. The third kappa shape index (κ3) is 5.98. The number of fused-ring (bicyclic) bond motifs is 21. The van der Waals surface area contributed by atoms with Gasteiger partial charge >= 0.3 is 0 Å². The van der Waals surface area contributed by atoms with E-state index in [1.54, 1.807) is 0 Å². The van der Waals surface area contributed by atoms with Gasteiger partial charge in [0.2, 0.25) is 0 Å². The fourth-order valence-electron chi connectivity index (χ4n) is 14.1. The van der Waals surface area contributed by atoms with E-state index in [2.05, 4.69) is 261 Å². The Morgan fingerprint density at radius 1 is 0.301 bits per heavy atom. The second-order valence-electron chi connectivity index (χ2n) is 21.2. The van der Waals surface area contributed by atoms with Crippen LogP contribution in [0.15, 0.2) is 218 Å². The van der Waals surface area contributed by atoms with Crippen molar-refractivity contribution in [2.24, 2.45) is 0 Å². The molecule has 0 aromatic heterocycles. The Morgan fingerprint density at radius 3 is 1.22 bits per heavy atom. The fraction of sp³-hybridized carbons (Fsp3) is 0.118. The van der Waals surface area contributed by atoms with Crippen LogP contribution in [0, 0.1) is 0 Å². The Kier molecular flexibility index (Phi) is 10.0. The van der Waals surface area contributed by atoms with Crippen LogP contribution in [0.2, 0.25) is 0 Å². The third-order valence-electron chi connectivity index (χ3n) is 17.0. The Morgan fingerprint density at radius 2 is 0.685 bits per heavy atom. The molecule has 73 heavy (non-hydrogen) atoms. The molecular formula is C68H46Br4O. The molecule has 1 N–H and O–H groups in total. The van der Waals surface area contributed by atoms with Crippen molar-refractivity contribution in [1.29, 1.82) is 0 Å². The van der Waals surface area contributed by atoms with Gasteiger partial charge in [-0.3, -0.25) is 0 Å². The summed E-state index contributed by atoms with van der Waals surface area (Å²) in [5.74, 6) is 0. The van der Waals surface area contributed by atoms with Crippen LogP contribution in [0.1, 0.15) is 88.9 Å². The summed E-state index contributed by atoms with van der Waals surface area (Å²) in [7, 11) is 0. The minimum atomic E-state index is -1.32. The van der Waals surface area contributed by atoms with Crippen LogP contribution >= 0.6 is 63.7 Å². The maximum absolute atomic E-state index is 13.0. The lowest BCUT2D eigenvalue weighted by Gasteiger charge is -2.31. The molecule has 0 saturated heterocycles. The molecule has 0 amide bonds. The van der Waals surface area contributed by atoms with E-state index >= 15 is 0 Å². The summed E-state index contributed by atoms with van der Waals surface area (Å²) < 4.78 is 4.27. The molecule has 5 aliphatic carbocycles. The average molecular weight is 1200 g/mol. The molecule has 1 atom stereocenters. The molecule has 0 aliphatic heterocycles. The highest BCUT2D eigenvalue weighted by Crippen LogP contribution is 2.68. The number of rotatable bonds is 2. The first kappa shape index (κ1) is 45.7. The van der Waals surface area contributed by atoms with Crippen LogP contribution in [-0.4, -0.2) is 5.11 Å². The number of aliphatic hydroxyl groups is 1. The van der Waals surface area contributed by atoms with E-state index in [0.717, 1.165) is 52.4 Å². The van der Waals surface area contributed by atoms with Crippen molar-refractivity contribution in [1.82, 2.24) is 0 Å². The fourth-order valence-corrected chi connectivity index (χ4v) is 16.1. The van der Waals surface area contributed by atoms with E-state index in [4.69, 9.17) is 0 Å². The van der Waals surface area contributed by atoms with Crippen molar-refractivity contribution in [2.45, 2.75) is 49.5 Å². The Hall–Kier alpha value is -5.92. The van der Waals surface area contributed by atoms with Gasteiger partial charge in [0.25, 0.3) is 0 Å². The van der Waals surface area contributed by atoms with Crippen molar-refractivity contribution < 1.29 is 5.11 Å². The van der Waals surface area contributed by atoms with Crippen LogP contribution in [0.25, 0.3) is 66.8 Å². The highest BCUT2D eigenvalue weighted by atomic mass is 79.9. The smallest absolute Gasteiger partial charge is 0.142 e. The van der Waals surface area contributed by atoms with Gasteiger partial charge in [-0.25, -0.2) is 0 Å². The molecule has 352 valence electrons. The third-order valence-corrected chi connectivity index (χ3v) is 19.2. The van der Waals surface area contributed by atoms with Gasteiger partial charge in [0.15, 0.2) is 0 Å². The predicted octanol–water partition coefficient (Wildman–Crippen LogP) is 19.3. The van der Waals surface area contributed by atoms with E-state index < -0.39 is 5.60 Å². The summed E-state index contributed by atoms with van der Waals surface area (Å²) in [6.07, 6.45) is 0. The lowest BCUT2D eigenvalue weighted by atomic mass is 9.70. The first-order chi connectivity index (χ1) is 35.3. The van der Waals surface area contributed by atoms with Gasteiger partial charge in [0.05, 0.1) is 5.41 Å². The van der Waals surface area contributed by atoms with Gasteiger partial charge in [-0.1, -0.05) is 255 Å². The van der Waals surface area contributed by atoms with Gasteiger partial charge < -0.3 is 5.11 Å². The van der Waals surface area contributed by atoms with Gasteiger partial charge in [0.1, 0.15) is 5.60 Å². The highest BCUT2D eigenvalue weighted by molar-refractivity contribution is 9.11. The van der Waals surface area contributed by atoms with Crippen LogP contribution < -0.4 is 0 Å². The van der Waals surface area contributed by atoms with E-state index in [1.165, 1.54) is 93.5 Å². The zero-order chi connectivity index (χ0) is 49.9. The average Bonchev–Trinajstić information content (AvgIpc) is 4.11. The topological polar surface area (TPSA) is 20.2 Å². The summed E-state index contributed by atoms with van der Waals surface area (Å²) >= 11 is 15.6. The molecule has 10 aromatic carbocycles. The second-order valence-corrected chi connectivity index (χ2v) is 24.8. The molecule has 1 unspecified atom stereocenters. The molecule has 1 nitrogen and oxygen atoms in total. The van der Waals surface area contributed by atoms with Crippen molar-refractivity contribution in [2.75, 3.05) is 0 Å². The molecule has 0 heterocycles. The van der Waals surface area contributed by atoms with Crippen molar-refractivity contribution in [3.05, 3.63) is 279 Å². The van der Waals surface area contributed by atoms with Crippen molar-refractivity contribution in [3.8, 4) is 66.8 Å². The molecule has 1 spiro atoms. The number of benzene rings is 10. The maximum Gasteiger partial charge on any atom is 0.142 e. The second kappa shape index (κ2) is 16.0. The predicted molar refractivity (Wildman–Crippen MR) is 315 cm³/mol. The zero-order valence-corrected chi connectivity index (χ0v) is 46.9. The molecule has 0 radical (unpaired) electrons. The first-order valence-corrected chi connectivity index (χ1v) is 28.1. The maximum atomic E-state index is 13.0. The lowest BCUT2D eigenvalue weighted by Crippen LogP contribution is -2.27. The van der Waals surface area contributed by atoms with Gasteiger partial charge in [-0.15, -0.1) is 0 Å². The van der Waals surface area contributed by atoms with E-state index in [-0.39, 0.29) is 16.2 Å². The molecular weight excluding hydrogens is 1150 g/mol. The molecule has 5 aliphatic rings. The van der Waals surface area contributed by atoms with Gasteiger partial charge in [-0.05, 0) is 137 Å². The number of hydrogen-bond acceptors (Lipinski definition) is 1. The molecule has 15 rings (SSSR count). The lowest BCUT2D eigenvalue weighted by molar-refractivity contribution is 0.131. The van der Waals surface area contributed by atoms with Crippen LogP contribution in [0.5, 0.6) is 0 Å². The van der Waals surface area contributed by atoms with E-state index in [9.17, 15) is 5.11 Å². The summed E-state index contributed by atoms with van der Waals surface area (Å²) in [6, 6.07) is 72.1. The first-order valence-electron chi connectivity index (χ1n) is 24.9. The summed E-state index contributed by atoms with van der Waals surface area (Å²) in [6.45, 7) is 9.39. The molecule has 5 heteroatoms. The summed E-state index contributed by atoms with van der Waals surface area (Å²) in [5, 5.41) is 13.0. The van der Waals surface area contributed by atoms with E-state index in [1.807, 2.05) is 30.3 Å². The highest BCUT2D eigenvalue weighted by Gasteiger charge is 2.55. The molecule has 0 fully saturated rings. The number of halogens is 4. The Labute approximate surface area is 460 Å². The quantitative estimate of drug-likeness (QED) is 0.183. The van der Waals surface area contributed by atoms with Gasteiger partial charge in [-0.2, -0.15) is 0 Å². The Bertz CT molecular complexity index is 4010. The minimum Gasteiger partial charge on any atom is -0.376 e. The van der Waals surface area contributed by atoms with Crippen LogP contribution in [0.3, 0.4) is 0 Å². The SMILES string of the molecule is CC1(C)c2ccccc2-c2c(Br)cc3c(c21)-c1ccc(Br)cc1C3(O)c1ccccc1-c1ccccc1.CC1(C)c2ccccc2-c2c(Br)cc3c(c21)-c1ccc(Br)cc1C31c2ccccc2-c2ccccc21. The van der Waals surface area contributed by atoms with Crippen LogP contribution in [-0.2, 0) is 21.8 Å². The largest absolute Gasteiger partial charge is 0.376 e. The standard InChI is InChI=1S/C34H24Br2O.C34H22Br2/c1-33(2)25-14-8-7-13-23(25)31-29(36)19-28-30(32(31)33)24-17-16-21(35)18-27(24)34(28,37)26-15-9-6-12-22(26)20-10-4-3-5-11-20;1-33(2)24-12-6-5-11-22(24)31-29(36)18-28-30(32(31)33)23-16-15-19(35)17-27(23)34(28)25-13-7-3-9-20(25)21-10-4-8-14-26(21)34/h3-19,37H,1-2H3;3-18H,1-2H3. The monoisotopic (exact) mass is 1190 g/mol. The summed E-state index contributed by atoms with van der Waals surface area (Å²) in [4.78, 5) is 0. The minimum absolute atomic E-state index is 0.104. The number of hydrogen-bond donors (Lipinski definition) is 1. The molecule has 0 saturated carbocycles. The van der Waals surface area contributed by atoms with Crippen LogP contribution in [0.4, 0.5) is 0 Å². The molecule has 0 bridgehead atoms. The summed E-state index contributed by atoms with van der Waals surface area (Å²) in [5.41, 5.74) is 26.7. The normalized spacial score (nSPS) is 17.2. The van der Waals surface area contributed by atoms with Crippen molar-refractivity contribution in [3.63, 3.8) is 0 Å². The molecule has 10 aromatic rings. The zero-order valence-electron chi connectivity index (χ0n) is 40.5. The van der Waals surface area contributed by atoms with E-state index in [0.29, 0.717) is 0 Å². The van der Waals surface area contributed by atoms with Crippen molar-refractivity contribution >= 4 is 63.7 Å². The van der Waals surface area contributed by atoms with Gasteiger partial charge in [0, 0.05) is 56.5 Å².